The fourth-order valence-corrected chi connectivity index (χ4v) is 2.97. The van der Waals surface area contributed by atoms with E-state index < -0.39 is 5.60 Å². The molecule has 1 aliphatic heterocycles. The van der Waals surface area contributed by atoms with Crippen molar-refractivity contribution in [3.63, 3.8) is 0 Å². The zero-order valence-electron chi connectivity index (χ0n) is 12.9. The molecule has 4 heteroatoms. The van der Waals surface area contributed by atoms with Crippen molar-refractivity contribution < 1.29 is 9.84 Å². The molecule has 1 aromatic heterocycles. The maximum atomic E-state index is 10.9. The molecular formula is C17H24N2O2. The molecule has 0 atom stereocenters. The van der Waals surface area contributed by atoms with Gasteiger partial charge in [-0.15, -0.1) is 0 Å². The lowest BCUT2D eigenvalue weighted by Gasteiger charge is -2.32. The second-order valence-electron chi connectivity index (χ2n) is 6.23. The molecule has 1 aliphatic rings. The molecule has 114 valence electrons. The Bertz CT molecular complexity index is 612. The Kier molecular flexibility index (Phi) is 4.02. The highest BCUT2D eigenvalue weighted by Crippen LogP contribution is 2.33. The van der Waals surface area contributed by atoms with Gasteiger partial charge in [0.25, 0.3) is 0 Å². The smallest absolute Gasteiger partial charge is 0.0941 e. The van der Waals surface area contributed by atoms with Gasteiger partial charge in [0.1, 0.15) is 0 Å². The molecule has 2 aromatic rings. The van der Waals surface area contributed by atoms with Crippen LogP contribution in [0.1, 0.15) is 18.4 Å². The van der Waals surface area contributed by atoms with E-state index in [0.717, 1.165) is 18.7 Å². The highest BCUT2D eigenvalue weighted by molar-refractivity contribution is 5.81. The lowest BCUT2D eigenvalue weighted by atomic mass is 9.86. The second-order valence-corrected chi connectivity index (χ2v) is 6.23. The summed E-state index contributed by atoms with van der Waals surface area (Å²) in [6.07, 6.45) is 3.49. The molecular weight excluding hydrogens is 264 g/mol. The van der Waals surface area contributed by atoms with Crippen LogP contribution in [0.25, 0.3) is 10.9 Å². The molecule has 0 amide bonds. The predicted molar refractivity (Wildman–Crippen MR) is 84.4 cm³/mol. The maximum absolute atomic E-state index is 10.9. The Labute approximate surface area is 125 Å². The van der Waals surface area contributed by atoms with Gasteiger partial charge in [0.15, 0.2) is 0 Å². The summed E-state index contributed by atoms with van der Waals surface area (Å²) in [5, 5.41) is 12.1. The third-order valence-corrected chi connectivity index (χ3v) is 4.42. The molecule has 1 saturated heterocycles. The number of aliphatic hydroxyl groups is 1. The minimum atomic E-state index is -0.733. The van der Waals surface area contributed by atoms with E-state index in [9.17, 15) is 5.11 Å². The van der Waals surface area contributed by atoms with E-state index in [-0.39, 0.29) is 0 Å². The quantitative estimate of drug-likeness (QED) is 0.937. The first-order valence-electron chi connectivity index (χ1n) is 7.63. The molecule has 0 unspecified atom stereocenters. The summed E-state index contributed by atoms with van der Waals surface area (Å²) >= 11 is 0. The van der Waals surface area contributed by atoms with Gasteiger partial charge in [-0.05, 0) is 37.2 Å². The first-order chi connectivity index (χ1) is 10.1. The lowest BCUT2D eigenvalue weighted by molar-refractivity contribution is -0.0678. The van der Waals surface area contributed by atoms with Crippen molar-refractivity contribution in [2.45, 2.75) is 25.0 Å². The van der Waals surface area contributed by atoms with Crippen molar-refractivity contribution in [1.29, 1.82) is 0 Å². The first-order valence-corrected chi connectivity index (χ1v) is 7.63. The summed E-state index contributed by atoms with van der Waals surface area (Å²) in [5.41, 5.74) is 1.49. The normalized spacial score (nSPS) is 18.5. The molecule has 0 aliphatic carbocycles. The molecule has 0 radical (unpaired) electrons. The molecule has 1 aromatic carbocycles. The van der Waals surface area contributed by atoms with Crippen molar-refractivity contribution in [2.75, 3.05) is 33.9 Å². The SMILES string of the molecule is CN(C)CCn1ccc2ccc(C3(O)CCOCC3)cc21. The van der Waals surface area contributed by atoms with Crippen LogP contribution in [0.5, 0.6) is 0 Å². The Morgan fingerprint density at radius 2 is 2.00 bits per heavy atom. The molecule has 1 N–H and O–H groups in total. The Morgan fingerprint density at radius 3 is 2.71 bits per heavy atom. The van der Waals surface area contributed by atoms with Crippen LogP contribution in [0.15, 0.2) is 30.5 Å². The van der Waals surface area contributed by atoms with Crippen molar-refractivity contribution in [1.82, 2.24) is 9.47 Å². The molecule has 0 saturated carbocycles. The van der Waals surface area contributed by atoms with Crippen LogP contribution in [0.3, 0.4) is 0 Å². The monoisotopic (exact) mass is 288 g/mol. The van der Waals surface area contributed by atoms with Crippen LogP contribution in [0.2, 0.25) is 0 Å². The van der Waals surface area contributed by atoms with Crippen molar-refractivity contribution >= 4 is 10.9 Å². The Hall–Kier alpha value is -1.36. The Balaban J connectivity index is 1.92. The van der Waals surface area contributed by atoms with Crippen molar-refractivity contribution in [3.05, 3.63) is 36.0 Å². The van der Waals surface area contributed by atoms with Gasteiger partial charge in [0, 0.05) is 50.9 Å². The average molecular weight is 288 g/mol. The van der Waals surface area contributed by atoms with Gasteiger partial charge in [0.2, 0.25) is 0 Å². The van der Waals surface area contributed by atoms with E-state index in [2.05, 4.69) is 54.0 Å². The van der Waals surface area contributed by atoms with Crippen LogP contribution in [-0.4, -0.2) is 48.4 Å². The van der Waals surface area contributed by atoms with Crippen LogP contribution in [-0.2, 0) is 16.9 Å². The van der Waals surface area contributed by atoms with E-state index in [0.29, 0.717) is 26.1 Å². The zero-order valence-corrected chi connectivity index (χ0v) is 12.9. The first kappa shape index (κ1) is 14.6. The zero-order chi connectivity index (χ0) is 14.9. The fraction of sp³-hybridized carbons (Fsp3) is 0.529. The molecule has 21 heavy (non-hydrogen) atoms. The number of ether oxygens (including phenoxy) is 1. The lowest BCUT2D eigenvalue weighted by Crippen LogP contribution is -2.33. The molecule has 0 bridgehead atoms. The largest absolute Gasteiger partial charge is 0.385 e. The van der Waals surface area contributed by atoms with Gasteiger partial charge in [-0.1, -0.05) is 12.1 Å². The van der Waals surface area contributed by atoms with E-state index in [4.69, 9.17) is 4.74 Å². The van der Waals surface area contributed by atoms with E-state index in [1.807, 2.05) is 0 Å². The Morgan fingerprint density at radius 1 is 1.24 bits per heavy atom. The molecule has 2 heterocycles. The minimum Gasteiger partial charge on any atom is -0.385 e. The topological polar surface area (TPSA) is 37.6 Å². The predicted octanol–water partition coefficient (Wildman–Crippen LogP) is 2.20. The standard InChI is InChI=1S/C17H24N2O2/c1-18(2)9-10-19-8-5-14-3-4-15(13-16(14)19)17(20)6-11-21-12-7-17/h3-5,8,13,20H,6-7,9-12H2,1-2H3. The van der Waals surface area contributed by atoms with Crippen LogP contribution in [0, 0.1) is 0 Å². The summed E-state index contributed by atoms with van der Waals surface area (Å²) in [7, 11) is 4.17. The third kappa shape index (κ3) is 2.98. The number of hydrogen-bond acceptors (Lipinski definition) is 3. The molecule has 4 nitrogen and oxygen atoms in total. The number of fused-ring (bicyclic) bond motifs is 1. The number of hydrogen-bond donors (Lipinski definition) is 1. The number of likely N-dealkylation sites (N-methyl/N-ethyl adjacent to an activating group) is 1. The highest BCUT2D eigenvalue weighted by Gasteiger charge is 2.31. The van der Waals surface area contributed by atoms with Crippen LogP contribution >= 0.6 is 0 Å². The second kappa shape index (κ2) is 5.79. The summed E-state index contributed by atoms with van der Waals surface area (Å²) in [6.45, 7) is 3.24. The van der Waals surface area contributed by atoms with E-state index in [1.165, 1.54) is 10.9 Å². The maximum Gasteiger partial charge on any atom is 0.0941 e. The van der Waals surface area contributed by atoms with Gasteiger partial charge in [-0.2, -0.15) is 0 Å². The van der Waals surface area contributed by atoms with Gasteiger partial charge in [-0.3, -0.25) is 0 Å². The summed E-state index contributed by atoms with van der Waals surface area (Å²) in [5.74, 6) is 0. The van der Waals surface area contributed by atoms with Crippen molar-refractivity contribution in [3.8, 4) is 0 Å². The average Bonchev–Trinajstić information content (AvgIpc) is 2.88. The van der Waals surface area contributed by atoms with Gasteiger partial charge >= 0.3 is 0 Å². The molecule has 0 spiro atoms. The van der Waals surface area contributed by atoms with E-state index in [1.54, 1.807) is 0 Å². The van der Waals surface area contributed by atoms with Crippen LogP contribution in [0.4, 0.5) is 0 Å². The van der Waals surface area contributed by atoms with E-state index >= 15 is 0 Å². The van der Waals surface area contributed by atoms with Gasteiger partial charge < -0.3 is 19.3 Å². The highest BCUT2D eigenvalue weighted by atomic mass is 16.5. The van der Waals surface area contributed by atoms with Gasteiger partial charge in [0.05, 0.1) is 5.60 Å². The van der Waals surface area contributed by atoms with Crippen LogP contribution < -0.4 is 0 Å². The summed E-state index contributed by atoms with van der Waals surface area (Å²) in [4.78, 5) is 2.18. The number of aromatic nitrogens is 1. The third-order valence-electron chi connectivity index (χ3n) is 4.42. The summed E-state index contributed by atoms with van der Waals surface area (Å²) < 4.78 is 7.64. The number of rotatable bonds is 4. The van der Waals surface area contributed by atoms with Crippen molar-refractivity contribution in [2.24, 2.45) is 0 Å². The summed E-state index contributed by atoms with van der Waals surface area (Å²) in [6, 6.07) is 8.47. The number of nitrogens with zero attached hydrogens (tertiary/aromatic N) is 2. The number of benzene rings is 1. The van der Waals surface area contributed by atoms with Gasteiger partial charge in [-0.25, -0.2) is 0 Å². The molecule has 1 fully saturated rings. The minimum absolute atomic E-state index is 0.635. The molecule has 3 rings (SSSR count). The fourth-order valence-electron chi connectivity index (χ4n) is 2.97.